The van der Waals surface area contributed by atoms with Gasteiger partial charge in [-0.2, -0.15) is 0 Å². The predicted molar refractivity (Wildman–Crippen MR) is 98.1 cm³/mol. The molecule has 2 aliphatic rings. The number of amides is 1. The highest BCUT2D eigenvalue weighted by Gasteiger charge is 2.47. The highest BCUT2D eigenvalue weighted by Crippen LogP contribution is 2.44. The van der Waals surface area contributed by atoms with Crippen LogP contribution in [-0.2, 0) is 16.0 Å². The Kier molecular flexibility index (Phi) is 4.53. The topological polar surface area (TPSA) is 60.3 Å². The number of nitrogens with zero attached hydrogens (tertiary/aromatic N) is 4. The number of likely N-dealkylation sites (tertiary alicyclic amines) is 1. The molecule has 1 unspecified atom stereocenters. The van der Waals surface area contributed by atoms with E-state index in [9.17, 15) is 4.79 Å². The molecule has 1 aromatic heterocycles. The number of benzene rings is 1. The van der Waals surface area contributed by atoms with Crippen molar-refractivity contribution in [2.24, 2.45) is 5.41 Å². The fourth-order valence-electron chi connectivity index (χ4n) is 4.45. The molecule has 0 bridgehead atoms. The second-order valence-corrected chi connectivity index (χ2v) is 7.53. The van der Waals surface area contributed by atoms with Crippen LogP contribution in [0.1, 0.15) is 37.6 Å². The van der Waals surface area contributed by atoms with Gasteiger partial charge in [0.1, 0.15) is 0 Å². The van der Waals surface area contributed by atoms with Gasteiger partial charge in [-0.15, -0.1) is 5.10 Å². The second kappa shape index (κ2) is 6.83. The normalized spacial score (nSPS) is 22.1. The molecule has 6 nitrogen and oxygen atoms in total. The number of carbonyl (C=O) groups is 1. The van der Waals surface area contributed by atoms with Crippen molar-refractivity contribution < 1.29 is 9.53 Å². The van der Waals surface area contributed by atoms with Crippen LogP contribution in [-0.4, -0.2) is 51.6 Å². The maximum atomic E-state index is 13.0. The SMILES string of the molecule is Cc1c(CC(=O)N2CCC3(CCOCC3)C2C)nnn1-c1ccccc1. The van der Waals surface area contributed by atoms with Gasteiger partial charge in [-0.05, 0) is 50.7 Å². The van der Waals surface area contributed by atoms with Gasteiger partial charge in [-0.25, -0.2) is 4.68 Å². The monoisotopic (exact) mass is 354 g/mol. The van der Waals surface area contributed by atoms with Crippen LogP contribution in [0.3, 0.4) is 0 Å². The lowest BCUT2D eigenvalue weighted by Gasteiger charge is -2.38. The van der Waals surface area contributed by atoms with Crippen LogP contribution in [0, 0.1) is 12.3 Å². The summed E-state index contributed by atoms with van der Waals surface area (Å²) in [5.41, 5.74) is 2.90. The van der Waals surface area contributed by atoms with E-state index >= 15 is 0 Å². The molecule has 26 heavy (non-hydrogen) atoms. The van der Waals surface area contributed by atoms with E-state index in [0.717, 1.165) is 56.1 Å². The minimum atomic E-state index is 0.157. The first kappa shape index (κ1) is 17.2. The lowest BCUT2D eigenvalue weighted by molar-refractivity contribution is -0.132. The first-order chi connectivity index (χ1) is 12.6. The van der Waals surface area contributed by atoms with E-state index in [1.807, 2.05) is 42.2 Å². The van der Waals surface area contributed by atoms with Crippen LogP contribution in [0.2, 0.25) is 0 Å². The Bertz CT molecular complexity index is 780. The molecule has 2 fully saturated rings. The molecule has 6 heteroatoms. The van der Waals surface area contributed by atoms with E-state index in [-0.39, 0.29) is 17.4 Å². The predicted octanol–water partition coefficient (Wildman–Crippen LogP) is 2.54. The molecule has 2 aromatic rings. The standard InChI is InChI=1S/C20H26N4O2/c1-15-18(21-22-24(15)17-6-4-3-5-7-17)14-19(25)23-11-8-20(16(23)2)9-12-26-13-10-20/h3-7,16H,8-14H2,1-2H3. The van der Waals surface area contributed by atoms with Gasteiger partial charge in [0.25, 0.3) is 0 Å². The summed E-state index contributed by atoms with van der Waals surface area (Å²) >= 11 is 0. The number of rotatable bonds is 3. The van der Waals surface area contributed by atoms with Crippen LogP contribution in [0.4, 0.5) is 0 Å². The summed E-state index contributed by atoms with van der Waals surface area (Å²) in [6, 6.07) is 10.2. The van der Waals surface area contributed by atoms with Gasteiger partial charge >= 0.3 is 0 Å². The Morgan fingerprint density at radius 3 is 2.69 bits per heavy atom. The summed E-state index contributed by atoms with van der Waals surface area (Å²) in [7, 11) is 0. The number of para-hydroxylation sites is 1. The van der Waals surface area contributed by atoms with Crippen molar-refractivity contribution >= 4 is 5.91 Å². The molecule has 1 spiro atoms. The third kappa shape index (κ3) is 2.92. The highest BCUT2D eigenvalue weighted by molar-refractivity contribution is 5.79. The van der Waals surface area contributed by atoms with E-state index in [1.165, 1.54) is 0 Å². The second-order valence-electron chi connectivity index (χ2n) is 7.53. The first-order valence-corrected chi connectivity index (χ1v) is 9.44. The van der Waals surface area contributed by atoms with E-state index in [1.54, 1.807) is 4.68 Å². The zero-order valence-electron chi connectivity index (χ0n) is 15.5. The molecule has 138 valence electrons. The number of aromatic nitrogens is 3. The number of ether oxygens (including phenoxy) is 1. The minimum Gasteiger partial charge on any atom is -0.381 e. The van der Waals surface area contributed by atoms with Crippen LogP contribution < -0.4 is 0 Å². The summed E-state index contributed by atoms with van der Waals surface area (Å²) in [4.78, 5) is 15.0. The third-order valence-electron chi connectivity index (χ3n) is 6.32. The molecule has 4 rings (SSSR count). The molecule has 2 saturated heterocycles. The van der Waals surface area contributed by atoms with Crippen molar-refractivity contribution in [2.75, 3.05) is 19.8 Å². The van der Waals surface area contributed by atoms with E-state index in [0.29, 0.717) is 6.42 Å². The van der Waals surface area contributed by atoms with Crippen molar-refractivity contribution in [1.82, 2.24) is 19.9 Å². The van der Waals surface area contributed by atoms with Gasteiger partial charge in [0.2, 0.25) is 5.91 Å². The Labute approximate surface area is 154 Å². The van der Waals surface area contributed by atoms with Crippen molar-refractivity contribution in [3.8, 4) is 5.69 Å². The van der Waals surface area contributed by atoms with E-state index in [4.69, 9.17) is 4.74 Å². The molecule has 1 aromatic carbocycles. The fraction of sp³-hybridized carbons (Fsp3) is 0.550. The maximum absolute atomic E-state index is 13.0. The Morgan fingerprint density at radius 1 is 1.23 bits per heavy atom. The van der Waals surface area contributed by atoms with Crippen molar-refractivity contribution in [1.29, 1.82) is 0 Å². The minimum absolute atomic E-state index is 0.157. The van der Waals surface area contributed by atoms with Crippen molar-refractivity contribution in [3.63, 3.8) is 0 Å². The molecular formula is C20H26N4O2. The summed E-state index contributed by atoms with van der Waals surface area (Å²) in [6.45, 7) is 6.65. The van der Waals surface area contributed by atoms with Crippen molar-refractivity contribution in [3.05, 3.63) is 41.7 Å². The molecule has 0 aliphatic carbocycles. The smallest absolute Gasteiger partial charge is 0.228 e. The third-order valence-corrected chi connectivity index (χ3v) is 6.32. The maximum Gasteiger partial charge on any atom is 0.228 e. The lowest BCUT2D eigenvalue weighted by atomic mass is 9.74. The van der Waals surface area contributed by atoms with Crippen LogP contribution in [0.5, 0.6) is 0 Å². The van der Waals surface area contributed by atoms with Gasteiger partial charge in [0.05, 0.1) is 23.5 Å². The van der Waals surface area contributed by atoms with Crippen LogP contribution in [0.25, 0.3) is 5.69 Å². The van der Waals surface area contributed by atoms with Crippen molar-refractivity contribution in [2.45, 2.75) is 45.6 Å². The van der Waals surface area contributed by atoms with Gasteiger partial charge in [0.15, 0.2) is 0 Å². The van der Waals surface area contributed by atoms with Gasteiger partial charge < -0.3 is 9.64 Å². The average molecular weight is 354 g/mol. The summed E-state index contributed by atoms with van der Waals surface area (Å²) in [5, 5.41) is 8.53. The zero-order chi connectivity index (χ0) is 18.1. The molecule has 0 radical (unpaired) electrons. The highest BCUT2D eigenvalue weighted by atomic mass is 16.5. The molecular weight excluding hydrogens is 328 g/mol. The summed E-state index contributed by atoms with van der Waals surface area (Å²) < 4.78 is 7.33. The molecule has 3 heterocycles. The molecule has 0 N–H and O–H groups in total. The Morgan fingerprint density at radius 2 is 1.96 bits per heavy atom. The average Bonchev–Trinajstić information content (AvgIpc) is 3.18. The first-order valence-electron chi connectivity index (χ1n) is 9.44. The van der Waals surface area contributed by atoms with Gasteiger partial charge in [-0.3, -0.25) is 4.79 Å². The van der Waals surface area contributed by atoms with Crippen LogP contribution >= 0.6 is 0 Å². The largest absolute Gasteiger partial charge is 0.381 e. The Hall–Kier alpha value is -2.21. The fourth-order valence-corrected chi connectivity index (χ4v) is 4.45. The summed E-state index contributed by atoms with van der Waals surface area (Å²) in [5.74, 6) is 0.157. The lowest BCUT2D eigenvalue weighted by Crippen LogP contribution is -2.43. The summed E-state index contributed by atoms with van der Waals surface area (Å²) in [6.07, 6.45) is 3.51. The van der Waals surface area contributed by atoms with E-state index < -0.39 is 0 Å². The van der Waals surface area contributed by atoms with Gasteiger partial charge in [-0.1, -0.05) is 23.4 Å². The van der Waals surface area contributed by atoms with E-state index in [2.05, 4.69) is 17.2 Å². The quantitative estimate of drug-likeness (QED) is 0.850. The van der Waals surface area contributed by atoms with Gasteiger partial charge in [0, 0.05) is 25.8 Å². The number of hydrogen-bond donors (Lipinski definition) is 0. The Balaban J connectivity index is 1.48. The van der Waals surface area contributed by atoms with Crippen LogP contribution in [0.15, 0.2) is 30.3 Å². The molecule has 2 aliphatic heterocycles. The molecule has 1 amide bonds. The zero-order valence-corrected chi connectivity index (χ0v) is 15.5. The number of hydrogen-bond acceptors (Lipinski definition) is 4. The molecule has 1 atom stereocenters. The number of carbonyl (C=O) groups excluding carboxylic acids is 1. The molecule has 0 saturated carbocycles.